The summed E-state index contributed by atoms with van der Waals surface area (Å²) in [5.41, 5.74) is -4.03. The van der Waals surface area contributed by atoms with Gasteiger partial charge in [0.15, 0.2) is 0 Å². The fourth-order valence-corrected chi connectivity index (χ4v) is 1.29. The van der Waals surface area contributed by atoms with Crippen LogP contribution in [0.1, 0.15) is 15.9 Å². The lowest BCUT2D eigenvalue weighted by molar-refractivity contribution is -0.138. The minimum atomic E-state index is -5.57. The number of alkyl halides is 3. The van der Waals surface area contributed by atoms with Crippen LogP contribution in [0, 0.1) is 0 Å². The number of benzene rings is 1. The average Bonchev–Trinajstić information content (AvgIpc) is 2.24. The highest BCUT2D eigenvalue weighted by molar-refractivity contribution is 6.73. The van der Waals surface area contributed by atoms with Crippen LogP contribution in [0.25, 0.3) is 0 Å². The SMILES string of the molecule is COC(=O)c1ccc([B-](F)(F)F)cc1C(F)(F)F. The van der Waals surface area contributed by atoms with Crippen molar-refractivity contribution in [3.63, 3.8) is 0 Å². The van der Waals surface area contributed by atoms with E-state index in [1.54, 1.807) is 0 Å². The number of ether oxygens (including phenoxy) is 1. The van der Waals surface area contributed by atoms with E-state index in [9.17, 15) is 30.9 Å². The lowest BCUT2D eigenvalue weighted by atomic mass is 9.78. The molecule has 100 valence electrons. The van der Waals surface area contributed by atoms with E-state index in [-0.39, 0.29) is 6.07 Å². The van der Waals surface area contributed by atoms with Gasteiger partial charge in [-0.3, -0.25) is 0 Å². The highest BCUT2D eigenvalue weighted by atomic mass is 19.4. The van der Waals surface area contributed by atoms with Gasteiger partial charge in [0.05, 0.1) is 18.2 Å². The highest BCUT2D eigenvalue weighted by Gasteiger charge is 2.37. The topological polar surface area (TPSA) is 26.3 Å². The standard InChI is InChI=1S/C9H6BF6O2/c1-18-8(17)6-3-2-5(10(14,15)16)4-7(6)9(11,12)13/h2-4H,1H3/q-1. The molecule has 2 nitrogen and oxygen atoms in total. The largest absolute Gasteiger partial charge is 0.509 e. The molecule has 9 heteroatoms. The van der Waals surface area contributed by atoms with Crippen LogP contribution >= 0.6 is 0 Å². The molecule has 0 heterocycles. The molecule has 0 saturated carbocycles. The molecule has 1 rings (SSSR count). The van der Waals surface area contributed by atoms with Crippen LogP contribution in [0.3, 0.4) is 0 Å². The zero-order valence-corrected chi connectivity index (χ0v) is 8.89. The average molecular weight is 271 g/mol. The summed E-state index contributed by atoms with van der Waals surface area (Å²) in [6, 6.07) is 0.785. The van der Waals surface area contributed by atoms with Gasteiger partial charge in [-0.25, -0.2) is 4.79 Å². The minimum absolute atomic E-state index is 0.0910. The van der Waals surface area contributed by atoms with Gasteiger partial charge in [0, 0.05) is 0 Å². The predicted molar refractivity (Wildman–Crippen MR) is 51.5 cm³/mol. The van der Waals surface area contributed by atoms with E-state index in [1.807, 2.05) is 0 Å². The third-order valence-corrected chi connectivity index (χ3v) is 2.13. The third-order valence-electron chi connectivity index (χ3n) is 2.13. The molecule has 0 unspecified atom stereocenters. The van der Waals surface area contributed by atoms with Gasteiger partial charge in [-0.15, -0.1) is 5.46 Å². The van der Waals surface area contributed by atoms with Crippen LogP contribution in [0.5, 0.6) is 0 Å². The molecule has 0 fully saturated rings. The second-order valence-corrected chi connectivity index (χ2v) is 3.37. The van der Waals surface area contributed by atoms with Crippen molar-refractivity contribution in [1.29, 1.82) is 0 Å². The van der Waals surface area contributed by atoms with E-state index in [4.69, 9.17) is 0 Å². The maximum absolute atomic E-state index is 12.5. The summed E-state index contributed by atoms with van der Waals surface area (Å²) >= 11 is 0. The van der Waals surface area contributed by atoms with Gasteiger partial charge in [0.2, 0.25) is 0 Å². The maximum Gasteiger partial charge on any atom is 0.509 e. The normalized spacial score (nSPS) is 12.4. The Kier molecular flexibility index (Phi) is 3.63. The molecule has 0 aliphatic carbocycles. The van der Waals surface area contributed by atoms with E-state index >= 15 is 0 Å². The Morgan fingerprint density at radius 1 is 1.22 bits per heavy atom. The molecule has 18 heavy (non-hydrogen) atoms. The molecule has 0 aliphatic rings. The van der Waals surface area contributed by atoms with Crippen molar-refractivity contribution in [2.24, 2.45) is 0 Å². The fraction of sp³-hybridized carbons (Fsp3) is 0.222. The summed E-state index contributed by atoms with van der Waals surface area (Å²) in [6.45, 7) is -5.57. The first-order valence-electron chi connectivity index (χ1n) is 4.56. The first kappa shape index (κ1) is 14.4. The van der Waals surface area contributed by atoms with E-state index in [1.165, 1.54) is 0 Å². The number of hydrogen-bond donors (Lipinski definition) is 0. The molecular weight excluding hydrogens is 265 g/mol. The molecule has 0 amide bonds. The summed E-state index contributed by atoms with van der Waals surface area (Å²) in [7, 11) is 0.837. The van der Waals surface area contributed by atoms with Gasteiger partial charge in [-0.05, 0) is 6.07 Å². The molecule has 0 aromatic heterocycles. The molecule has 0 N–H and O–H groups in total. The Morgan fingerprint density at radius 3 is 2.17 bits per heavy atom. The number of rotatable bonds is 2. The third kappa shape index (κ3) is 2.96. The van der Waals surface area contributed by atoms with Crippen LogP contribution in [0.15, 0.2) is 18.2 Å². The summed E-state index contributed by atoms with van der Waals surface area (Å²) in [6.07, 6.45) is -5.07. The number of carbonyl (C=O) groups is 1. The van der Waals surface area contributed by atoms with Crippen molar-refractivity contribution in [3.05, 3.63) is 29.3 Å². The number of hydrogen-bond acceptors (Lipinski definition) is 2. The van der Waals surface area contributed by atoms with Gasteiger partial charge in [0.25, 0.3) is 0 Å². The van der Waals surface area contributed by atoms with Crippen molar-refractivity contribution < 1.29 is 35.6 Å². The summed E-state index contributed by atoms with van der Waals surface area (Å²) < 4.78 is 78.8. The Balaban J connectivity index is 3.44. The summed E-state index contributed by atoms with van der Waals surface area (Å²) in [5.74, 6) is -1.34. The van der Waals surface area contributed by atoms with Crippen LogP contribution in [0.4, 0.5) is 26.1 Å². The van der Waals surface area contributed by atoms with Gasteiger partial charge in [-0.2, -0.15) is 13.2 Å². The van der Waals surface area contributed by atoms with Gasteiger partial charge >= 0.3 is 19.1 Å². The summed E-state index contributed by atoms with van der Waals surface area (Å²) in [4.78, 5) is 11.0. The van der Waals surface area contributed by atoms with Crippen LogP contribution < -0.4 is 5.46 Å². The van der Waals surface area contributed by atoms with E-state index in [2.05, 4.69) is 4.74 Å². The summed E-state index contributed by atoms with van der Waals surface area (Å²) in [5, 5.41) is 0. The zero-order chi connectivity index (χ0) is 14.1. The molecule has 0 atom stereocenters. The van der Waals surface area contributed by atoms with E-state index in [0.29, 0.717) is 12.1 Å². The van der Waals surface area contributed by atoms with Crippen molar-refractivity contribution in [2.75, 3.05) is 7.11 Å². The molecule has 0 radical (unpaired) electrons. The van der Waals surface area contributed by atoms with Crippen LogP contribution in [-0.2, 0) is 10.9 Å². The predicted octanol–water partition coefficient (Wildman–Crippen LogP) is 2.55. The van der Waals surface area contributed by atoms with E-state index in [0.717, 1.165) is 7.11 Å². The lowest BCUT2D eigenvalue weighted by Gasteiger charge is -2.18. The highest BCUT2D eigenvalue weighted by Crippen LogP contribution is 2.32. The first-order valence-corrected chi connectivity index (χ1v) is 4.56. The number of halogens is 6. The number of esters is 1. The lowest BCUT2D eigenvalue weighted by Crippen LogP contribution is -2.35. The maximum atomic E-state index is 12.5. The minimum Gasteiger partial charge on any atom is -0.465 e. The monoisotopic (exact) mass is 271 g/mol. The van der Waals surface area contributed by atoms with Crippen molar-refractivity contribution >= 4 is 18.4 Å². The Labute approximate surface area is 97.6 Å². The smallest absolute Gasteiger partial charge is 0.465 e. The molecular formula is C9H6BF6O2-. The van der Waals surface area contributed by atoms with Gasteiger partial charge in [-0.1, -0.05) is 12.1 Å². The Bertz CT molecular complexity index is 465. The number of methoxy groups -OCH3 is 1. The van der Waals surface area contributed by atoms with Crippen LogP contribution in [0.2, 0.25) is 0 Å². The second kappa shape index (κ2) is 4.54. The number of carbonyl (C=O) groups excluding carboxylic acids is 1. The molecule has 0 bridgehead atoms. The Hall–Kier alpha value is -1.67. The molecule has 0 saturated heterocycles. The second-order valence-electron chi connectivity index (χ2n) is 3.37. The first-order chi connectivity index (χ1) is 8.07. The van der Waals surface area contributed by atoms with Crippen LogP contribution in [-0.4, -0.2) is 20.1 Å². The van der Waals surface area contributed by atoms with Crippen molar-refractivity contribution in [1.82, 2.24) is 0 Å². The quantitative estimate of drug-likeness (QED) is 0.469. The zero-order valence-electron chi connectivity index (χ0n) is 8.89. The van der Waals surface area contributed by atoms with E-state index < -0.39 is 35.7 Å². The van der Waals surface area contributed by atoms with Crippen molar-refractivity contribution in [3.8, 4) is 0 Å². The Morgan fingerprint density at radius 2 is 1.78 bits per heavy atom. The van der Waals surface area contributed by atoms with Crippen molar-refractivity contribution in [2.45, 2.75) is 6.18 Å². The molecule has 1 aromatic rings. The molecule has 1 aromatic carbocycles. The van der Waals surface area contributed by atoms with Gasteiger partial charge < -0.3 is 17.7 Å². The molecule has 0 spiro atoms. The fourth-order valence-electron chi connectivity index (χ4n) is 1.29. The van der Waals surface area contributed by atoms with Gasteiger partial charge in [0.1, 0.15) is 0 Å². The molecule has 0 aliphatic heterocycles.